The summed E-state index contributed by atoms with van der Waals surface area (Å²) < 4.78 is 0. The van der Waals surface area contributed by atoms with Gasteiger partial charge in [-0.25, -0.2) is 0 Å². The van der Waals surface area contributed by atoms with Crippen LogP contribution in [0.5, 0.6) is 0 Å². The molecule has 0 radical (unpaired) electrons. The average Bonchev–Trinajstić information content (AvgIpc) is 2.95. The van der Waals surface area contributed by atoms with Crippen molar-refractivity contribution < 1.29 is 9.90 Å². The second kappa shape index (κ2) is 6.95. The van der Waals surface area contributed by atoms with Gasteiger partial charge in [-0.2, -0.15) is 0 Å². The Bertz CT molecular complexity index is 476. The van der Waals surface area contributed by atoms with Crippen molar-refractivity contribution in [2.24, 2.45) is 0 Å². The van der Waals surface area contributed by atoms with E-state index in [0.29, 0.717) is 0 Å². The van der Waals surface area contributed by atoms with Gasteiger partial charge in [0, 0.05) is 11.0 Å². The minimum Gasteiger partial charge on any atom is -0.394 e. The Balaban J connectivity index is 1.94. The highest BCUT2D eigenvalue weighted by Gasteiger charge is 2.33. The van der Waals surface area contributed by atoms with E-state index in [4.69, 9.17) is 0 Å². The molecule has 0 spiro atoms. The number of carbonyl (C=O) groups is 1. The summed E-state index contributed by atoms with van der Waals surface area (Å²) in [6, 6.07) is 8.06. The zero-order valence-corrected chi connectivity index (χ0v) is 12.6. The standard InChI is InChI=1S/C16H21NO2S/c1-20-14-7-4-13(5-8-14)6-9-15(19)17-16(12-18)10-2-3-11-16/h4-9,18H,2-3,10-12H2,1H3,(H,17,19)/b9-6+. The SMILES string of the molecule is CSc1ccc(/C=C/C(=O)NC2(CO)CCCC2)cc1. The summed E-state index contributed by atoms with van der Waals surface area (Å²) in [7, 11) is 0. The van der Waals surface area contributed by atoms with Gasteiger partial charge < -0.3 is 10.4 Å². The molecular formula is C16H21NO2S. The molecule has 1 fully saturated rings. The van der Waals surface area contributed by atoms with Crippen LogP contribution in [0.1, 0.15) is 31.2 Å². The number of aliphatic hydroxyl groups is 1. The number of nitrogens with one attached hydrogen (secondary N) is 1. The van der Waals surface area contributed by atoms with E-state index in [1.54, 1.807) is 23.9 Å². The fraction of sp³-hybridized carbons (Fsp3) is 0.438. The van der Waals surface area contributed by atoms with E-state index in [9.17, 15) is 9.90 Å². The largest absolute Gasteiger partial charge is 0.394 e. The Hall–Kier alpha value is -1.26. The van der Waals surface area contributed by atoms with E-state index in [1.807, 2.05) is 30.5 Å². The highest BCUT2D eigenvalue weighted by atomic mass is 32.2. The van der Waals surface area contributed by atoms with Crippen molar-refractivity contribution in [3.8, 4) is 0 Å². The fourth-order valence-electron chi connectivity index (χ4n) is 2.56. The highest BCUT2D eigenvalue weighted by molar-refractivity contribution is 7.98. The molecule has 20 heavy (non-hydrogen) atoms. The van der Waals surface area contributed by atoms with Crippen LogP contribution >= 0.6 is 11.8 Å². The molecule has 1 saturated carbocycles. The van der Waals surface area contributed by atoms with E-state index in [0.717, 1.165) is 31.2 Å². The lowest BCUT2D eigenvalue weighted by atomic mass is 9.99. The molecule has 2 rings (SSSR count). The first-order valence-electron chi connectivity index (χ1n) is 6.93. The van der Waals surface area contributed by atoms with Crippen molar-refractivity contribution >= 4 is 23.7 Å². The summed E-state index contributed by atoms with van der Waals surface area (Å²) in [5.74, 6) is -0.130. The molecule has 3 nitrogen and oxygen atoms in total. The van der Waals surface area contributed by atoms with Gasteiger partial charge in [-0.15, -0.1) is 11.8 Å². The van der Waals surface area contributed by atoms with E-state index in [-0.39, 0.29) is 12.5 Å². The molecule has 1 aliphatic carbocycles. The number of hydrogen-bond acceptors (Lipinski definition) is 3. The topological polar surface area (TPSA) is 49.3 Å². The normalized spacial score (nSPS) is 17.5. The van der Waals surface area contributed by atoms with E-state index in [1.165, 1.54) is 4.90 Å². The quantitative estimate of drug-likeness (QED) is 0.648. The summed E-state index contributed by atoms with van der Waals surface area (Å²) in [4.78, 5) is 13.2. The van der Waals surface area contributed by atoms with Crippen LogP contribution in [0.15, 0.2) is 35.2 Å². The van der Waals surface area contributed by atoms with Gasteiger partial charge in [-0.1, -0.05) is 25.0 Å². The van der Waals surface area contributed by atoms with Crippen molar-refractivity contribution in [3.05, 3.63) is 35.9 Å². The number of amides is 1. The van der Waals surface area contributed by atoms with Crippen LogP contribution in [-0.2, 0) is 4.79 Å². The second-order valence-corrected chi connectivity index (χ2v) is 6.12. The van der Waals surface area contributed by atoms with Crippen LogP contribution in [-0.4, -0.2) is 29.4 Å². The van der Waals surface area contributed by atoms with Crippen molar-refractivity contribution in [2.45, 2.75) is 36.1 Å². The molecule has 0 aromatic heterocycles. The Morgan fingerprint density at radius 1 is 1.35 bits per heavy atom. The van der Waals surface area contributed by atoms with E-state index in [2.05, 4.69) is 5.32 Å². The first kappa shape index (κ1) is 15.1. The number of aliphatic hydroxyl groups excluding tert-OH is 1. The third-order valence-electron chi connectivity index (χ3n) is 3.79. The van der Waals surface area contributed by atoms with Gasteiger partial charge in [-0.3, -0.25) is 4.79 Å². The molecule has 1 aromatic rings. The molecule has 0 atom stereocenters. The molecule has 0 aliphatic heterocycles. The lowest BCUT2D eigenvalue weighted by Crippen LogP contribution is -2.48. The minimum atomic E-state index is -0.399. The van der Waals surface area contributed by atoms with Gasteiger partial charge in [0.2, 0.25) is 5.91 Å². The lowest BCUT2D eigenvalue weighted by molar-refractivity contribution is -0.118. The average molecular weight is 291 g/mol. The summed E-state index contributed by atoms with van der Waals surface area (Å²) in [5, 5.41) is 12.4. The zero-order chi connectivity index (χ0) is 14.4. The third-order valence-corrected chi connectivity index (χ3v) is 4.54. The monoisotopic (exact) mass is 291 g/mol. The van der Waals surface area contributed by atoms with Crippen molar-refractivity contribution in [1.82, 2.24) is 5.32 Å². The number of rotatable bonds is 5. The molecule has 1 aromatic carbocycles. The smallest absolute Gasteiger partial charge is 0.244 e. The van der Waals surface area contributed by atoms with Crippen LogP contribution < -0.4 is 5.32 Å². The number of carbonyl (C=O) groups excluding carboxylic acids is 1. The van der Waals surface area contributed by atoms with Gasteiger partial charge in [0.05, 0.1) is 12.1 Å². The number of benzene rings is 1. The fourth-order valence-corrected chi connectivity index (χ4v) is 2.97. The predicted octanol–water partition coefficient (Wildman–Crippen LogP) is 2.84. The molecule has 4 heteroatoms. The van der Waals surface area contributed by atoms with Crippen LogP contribution in [0.4, 0.5) is 0 Å². The molecule has 0 heterocycles. The Morgan fingerprint density at radius 3 is 2.55 bits per heavy atom. The summed E-state index contributed by atoms with van der Waals surface area (Å²) in [6.07, 6.45) is 9.26. The zero-order valence-electron chi connectivity index (χ0n) is 11.8. The minimum absolute atomic E-state index is 0.0228. The Labute approximate surface area is 124 Å². The predicted molar refractivity (Wildman–Crippen MR) is 83.7 cm³/mol. The molecule has 0 bridgehead atoms. The molecule has 0 saturated heterocycles. The molecule has 0 unspecified atom stereocenters. The van der Waals surface area contributed by atoms with Gasteiger partial charge in [0.1, 0.15) is 0 Å². The molecule has 108 valence electrons. The maximum Gasteiger partial charge on any atom is 0.244 e. The van der Waals surface area contributed by atoms with Crippen LogP contribution in [0.25, 0.3) is 6.08 Å². The Morgan fingerprint density at radius 2 is 2.00 bits per heavy atom. The number of thioether (sulfide) groups is 1. The molecular weight excluding hydrogens is 270 g/mol. The van der Waals surface area contributed by atoms with E-state index < -0.39 is 5.54 Å². The summed E-state index contributed by atoms with van der Waals surface area (Å²) >= 11 is 1.69. The van der Waals surface area contributed by atoms with Crippen molar-refractivity contribution in [2.75, 3.05) is 12.9 Å². The second-order valence-electron chi connectivity index (χ2n) is 5.24. The summed E-state index contributed by atoms with van der Waals surface area (Å²) in [6.45, 7) is 0.0228. The van der Waals surface area contributed by atoms with Gasteiger partial charge >= 0.3 is 0 Å². The highest BCUT2D eigenvalue weighted by Crippen LogP contribution is 2.29. The molecule has 1 amide bonds. The Kier molecular flexibility index (Phi) is 5.26. The first-order valence-corrected chi connectivity index (χ1v) is 8.15. The number of hydrogen-bond donors (Lipinski definition) is 2. The van der Waals surface area contributed by atoms with Gasteiger partial charge in [0.15, 0.2) is 0 Å². The lowest BCUT2D eigenvalue weighted by Gasteiger charge is -2.27. The van der Waals surface area contributed by atoms with Crippen LogP contribution in [0.3, 0.4) is 0 Å². The van der Waals surface area contributed by atoms with Crippen LogP contribution in [0, 0.1) is 0 Å². The maximum absolute atomic E-state index is 11.9. The van der Waals surface area contributed by atoms with Gasteiger partial charge in [-0.05, 0) is 42.9 Å². The molecule has 2 N–H and O–H groups in total. The molecule has 1 aliphatic rings. The summed E-state index contributed by atoms with van der Waals surface area (Å²) in [5.41, 5.74) is 0.604. The first-order chi connectivity index (χ1) is 9.67. The maximum atomic E-state index is 11.9. The van der Waals surface area contributed by atoms with Crippen LogP contribution in [0.2, 0.25) is 0 Å². The van der Waals surface area contributed by atoms with E-state index >= 15 is 0 Å². The van der Waals surface area contributed by atoms with Crippen molar-refractivity contribution in [3.63, 3.8) is 0 Å². The van der Waals surface area contributed by atoms with Crippen molar-refractivity contribution in [1.29, 1.82) is 0 Å². The third kappa shape index (κ3) is 3.87. The van der Waals surface area contributed by atoms with Gasteiger partial charge in [0.25, 0.3) is 0 Å².